The summed E-state index contributed by atoms with van der Waals surface area (Å²) in [6.07, 6.45) is 1.39. The van der Waals surface area contributed by atoms with Gasteiger partial charge in [-0.15, -0.1) is 0 Å². The molecule has 1 amide bonds. The molecule has 0 bridgehead atoms. The van der Waals surface area contributed by atoms with Crippen LogP contribution in [-0.4, -0.2) is 25.8 Å². The van der Waals surface area contributed by atoms with E-state index < -0.39 is 0 Å². The summed E-state index contributed by atoms with van der Waals surface area (Å²) in [6, 6.07) is 8.64. The largest absolute Gasteiger partial charge is 0.497 e. The van der Waals surface area contributed by atoms with Crippen LogP contribution in [0.15, 0.2) is 49.0 Å². The average molecular weight is 432 g/mol. The molecule has 0 spiro atoms. The zero-order valence-electron chi connectivity index (χ0n) is 11.5. The first-order valence-electron chi connectivity index (χ1n) is 6.12. The van der Waals surface area contributed by atoms with Crippen molar-refractivity contribution in [2.24, 2.45) is 5.10 Å². The second kappa shape index (κ2) is 8.00. The van der Waals surface area contributed by atoms with Gasteiger partial charge < -0.3 is 13.9 Å². The summed E-state index contributed by atoms with van der Waals surface area (Å²) in [7, 11) is 1.57. The van der Waals surface area contributed by atoms with E-state index in [-0.39, 0.29) is 12.5 Å². The van der Waals surface area contributed by atoms with E-state index in [1.807, 2.05) is 0 Å². The van der Waals surface area contributed by atoms with Gasteiger partial charge in [-0.2, -0.15) is 5.10 Å². The molecular formula is C14H12Br2N2O4. The Bertz CT molecular complexity index is 685. The van der Waals surface area contributed by atoms with Gasteiger partial charge in [0, 0.05) is 0 Å². The monoisotopic (exact) mass is 430 g/mol. The Hall–Kier alpha value is -1.80. The summed E-state index contributed by atoms with van der Waals surface area (Å²) in [5.41, 5.74) is 2.34. The molecule has 2 rings (SSSR count). The lowest BCUT2D eigenvalue weighted by Gasteiger charge is -2.08. The molecule has 1 heterocycles. The molecule has 0 aliphatic heterocycles. The van der Waals surface area contributed by atoms with Crippen LogP contribution in [0.1, 0.15) is 5.76 Å². The Morgan fingerprint density at radius 2 is 2.18 bits per heavy atom. The fourth-order valence-electron chi connectivity index (χ4n) is 1.47. The smallest absolute Gasteiger partial charge is 0.277 e. The van der Waals surface area contributed by atoms with Crippen molar-refractivity contribution in [1.29, 1.82) is 0 Å². The number of carbonyl (C=O) groups excluding carboxylic acids is 1. The minimum atomic E-state index is -0.385. The van der Waals surface area contributed by atoms with Gasteiger partial charge in [-0.3, -0.25) is 4.79 Å². The first kappa shape index (κ1) is 16.6. The molecular weight excluding hydrogens is 420 g/mol. The van der Waals surface area contributed by atoms with Crippen LogP contribution >= 0.6 is 31.9 Å². The third-order valence-corrected chi connectivity index (χ3v) is 3.52. The molecule has 1 N–H and O–H groups in total. The Morgan fingerprint density at radius 1 is 1.36 bits per heavy atom. The van der Waals surface area contributed by atoms with Crippen molar-refractivity contribution < 1.29 is 18.7 Å². The van der Waals surface area contributed by atoms with Gasteiger partial charge >= 0.3 is 0 Å². The van der Waals surface area contributed by atoms with Crippen LogP contribution in [0.3, 0.4) is 0 Å². The summed E-state index contributed by atoms with van der Waals surface area (Å²) in [4.78, 5) is 11.6. The lowest BCUT2D eigenvalue weighted by molar-refractivity contribution is -0.123. The maximum atomic E-state index is 11.6. The number of hydrogen-bond acceptors (Lipinski definition) is 5. The molecule has 2 aromatic rings. The summed E-state index contributed by atoms with van der Waals surface area (Å²) in [5.74, 6) is 1.36. The molecule has 6 nitrogen and oxygen atoms in total. The van der Waals surface area contributed by atoms with Crippen LogP contribution in [0.5, 0.6) is 11.5 Å². The molecule has 0 aliphatic carbocycles. The molecule has 1 aromatic heterocycles. The number of furan rings is 1. The molecule has 0 atom stereocenters. The first-order valence-corrected chi connectivity index (χ1v) is 7.70. The fourth-order valence-corrected chi connectivity index (χ4v) is 2.26. The molecule has 1 aromatic carbocycles. The average Bonchev–Trinajstić information content (AvgIpc) is 2.91. The number of nitrogens with zero attached hydrogens (tertiary/aromatic N) is 1. The van der Waals surface area contributed by atoms with Gasteiger partial charge in [0.2, 0.25) is 0 Å². The molecule has 0 aliphatic rings. The van der Waals surface area contributed by atoms with E-state index in [1.54, 1.807) is 37.4 Å². The highest BCUT2D eigenvalue weighted by Crippen LogP contribution is 2.28. The number of ether oxygens (including phenoxy) is 2. The highest BCUT2D eigenvalue weighted by molar-refractivity contribution is 9.10. The fraction of sp³-hybridized carbons (Fsp3) is 0.143. The second-order valence-electron chi connectivity index (χ2n) is 4.02. The number of benzene rings is 1. The van der Waals surface area contributed by atoms with E-state index in [0.29, 0.717) is 26.4 Å². The zero-order chi connectivity index (χ0) is 15.9. The van der Waals surface area contributed by atoms with Crippen LogP contribution in [0, 0.1) is 0 Å². The van der Waals surface area contributed by atoms with E-state index in [4.69, 9.17) is 13.9 Å². The number of methoxy groups -OCH3 is 1. The zero-order valence-corrected chi connectivity index (χ0v) is 14.7. The van der Waals surface area contributed by atoms with Crippen LogP contribution < -0.4 is 14.9 Å². The van der Waals surface area contributed by atoms with Crippen LogP contribution in [0.25, 0.3) is 0 Å². The molecule has 0 saturated carbocycles. The normalized spacial score (nSPS) is 10.7. The Kier molecular flexibility index (Phi) is 6.02. The van der Waals surface area contributed by atoms with Gasteiger partial charge in [-0.05, 0) is 62.2 Å². The van der Waals surface area contributed by atoms with Gasteiger partial charge in [0.1, 0.15) is 17.3 Å². The van der Waals surface area contributed by atoms with E-state index in [9.17, 15) is 4.79 Å². The number of nitrogens with one attached hydrogen (secondary N) is 1. The standard InChI is InChI=1S/C14H12Br2N2O4/c1-20-9-2-4-12(11(15)6-9)21-8-14(19)18-17-7-10-3-5-13(16)22-10/h2-7H,8H2,1H3,(H,18,19)/b17-7-. The van der Waals surface area contributed by atoms with Gasteiger partial charge in [-0.25, -0.2) is 5.43 Å². The van der Waals surface area contributed by atoms with Gasteiger partial charge in [0.25, 0.3) is 5.91 Å². The predicted molar refractivity (Wildman–Crippen MR) is 88.3 cm³/mol. The number of hydrogen-bond donors (Lipinski definition) is 1. The molecule has 116 valence electrons. The molecule has 0 unspecified atom stereocenters. The molecule has 0 fully saturated rings. The number of hydrazone groups is 1. The molecule has 8 heteroatoms. The van der Waals surface area contributed by atoms with Crippen LogP contribution in [0.4, 0.5) is 0 Å². The minimum Gasteiger partial charge on any atom is -0.497 e. The summed E-state index contributed by atoms with van der Waals surface area (Å²) in [6.45, 7) is -0.163. The lowest BCUT2D eigenvalue weighted by atomic mass is 10.3. The number of halogens is 2. The SMILES string of the molecule is COc1ccc(OCC(=O)N/N=C\c2ccc(Br)o2)c(Br)c1. The Morgan fingerprint density at radius 3 is 2.82 bits per heavy atom. The topological polar surface area (TPSA) is 73.1 Å². The van der Waals surface area contributed by atoms with Gasteiger partial charge in [0.15, 0.2) is 11.3 Å². The van der Waals surface area contributed by atoms with Crippen LogP contribution in [-0.2, 0) is 4.79 Å². The summed E-state index contributed by atoms with van der Waals surface area (Å²) in [5, 5.41) is 3.77. The highest BCUT2D eigenvalue weighted by atomic mass is 79.9. The van der Waals surface area contributed by atoms with E-state index in [0.717, 1.165) is 0 Å². The van der Waals surface area contributed by atoms with Crippen molar-refractivity contribution in [2.75, 3.05) is 13.7 Å². The van der Waals surface area contributed by atoms with Crippen molar-refractivity contribution in [3.63, 3.8) is 0 Å². The third-order valence-electron chi connectivity index (χ3n) is 2.47. The van der Waals surface area contributed by atoms with Crippen LogP contribution in [0.2, 0.25) is 0 Å². The van der Waals surface area contributed by atoms with E-state index in [1.165, 1.54) is 6.21 Å². The number of carbonyl (C=O) groups is 1. The maximum Gasteiger partial charge on any atom is 0.277 e. The van der Waals surface area contributed by atoms with Gasteiger partial charge in [-0.1, -0.05) is 0 Å². The molecule has 22 heavy (non-hydrogen) atoms. The van der Waals surface area contributed by atoms with Gasteiger partial charge in [0.05, 0.1) is 17.8 Å². The quantitative estimate of drug-likeness (QED) is 0.562. The van der Waals surface area contributed by atoms with E-state index in [2.05, 4.69) is 42.4 Å². The highest BCUT2D eigenvalue weighted by Gasteiger charge is 2.06. The Balaban J connectivity index is 1.81. The predicted octanol–water partition coefficient (Wildman–Crippen LogP) is 3.34. The summed E-state index contributed by atoms with van der Waals surface area (Å²) >= 11 is 6.51. The van der Waals surface area contributed by atoms with Crippen molar-refractivity contribution in [2.45, 2.75) is 0 Å². The van der Waals surface area contributed by atoms with Crippen molar-refractivity contribution in [1.82, 2.24) is 5.43 Å². The molecule has 0 saturated heterocycles. The van der Waals surface area contributed by atoms with E-state index >= 15 is 0 Å². The lowest BCUT2D eigenvalue weighted by Crippen LogP contribution is -2.24. The minimum absolute atomic E-state index is 0.163. The maximum absolute atomic E-state index is 11.6. The first-order chi connectivity index (χ1) is 10.6. The summed E-state index contributed by atoms with van der Waals surface area (Å²) < 4.78 is 16.9. The number of amides is 1. The third kappa shape index (κ3) is 4.88. The van der Waals surface area contributed by atoms with Crippen molar-refractivity contribution >= 4 is 44.0 Å². The molecule has 0 radical (unpaired) electrons. The number of rotatable bonds is 6. The van der Waals surface area contributed by atoms with Crippen molar-refractivity contribution in [3.05, 3.63) is 45.2 Å². The Labute approximate surface area is 143 Å². The second-order valence-corrected chi connectivity index (χ2v) is 5.66. The van der Waals surface area contributed by atoms with Crippen molar-refractivity contribution in [3.8, 4) is 11.5 Å².